The highest BCUT2D eigenvalue weighted by Gasteiger charge is 2.39. The summed E-state index contributed by atoms with van der Waals surface area (Å²) in [4.78, 5) is 24.7. The van der Waals surface area contributed by atoms with Gasteiger partial charge in [-0.3, -0.25) is 0 Å². The highest BCUT2D eigenvalue weighted by Crippen LogP contribution is 2.42. The summed E-state index contributed by atoms with van der Waals surface area (Å²) in [7, 11) is 0. The molecule has 1 aliphatic heterocycles. The van der Waals surface area contributed by atoms with Gasteiger partial charge in [-0.25, -0.2) is 14.8 Å². The van der Waals surface area contributed by atoms with Gasteiger partial charge in [-0.1, -0.05) is 30.3 Å². The third-order valence-electron chi connectivity index (χ3n) is 5.40. The van der Waals surface area contributed by atoms with Crippen LogP contribution in [0, 0.1) is 0 Å². The Hall–Kier alpha value is -2.77. The van der Waals surface area contributed by atoms with Crippen LogP contribution in [0.15, 0.2) is 36.4 Å². The van der Waals surface area contributed by atoms with E-state index >= 15 is 8.78 Å². The van der Waals surface area contributed by atoms with Gasteiger partial charge in [0.25, 0.3) is 0 Å². The number of ether oxygens (including phenoxy) is 1. The normalized spacial score (nSPS) is 17.6. The zero-order valence-electron chi connectivity index (χ0n) is 18.1. The van der Waals surface area contributed by atoms with Crippen molar-refractivity contribution >= 4 is 12.0 Å². The van der Waals surface area contributed by atoms with E-state index in [1.807, 2.05) is 25.7 Å². The molecule has 4 rings (SSSR count). The molecule has 8 heteroatoms. The van der Waals surface area contributed by atoms with Crippen LogP contribution in [0.1, 0.15) is 56.5 Å². The van der Waals surface area contributed by atoms with Crippen LogP contribution in [0.3, 0.4) is 0 Å². The lowest BCUT2D eigenvalue weighted by Gasteiger charge is -2.36. The van der Waals surface area contributed by atoms with E-state index in [-0.39, 0.29) is 23.3 Å². The molecule has 0 bridgehead atoms. The molecule has 166 valence electrons. The largest absolute Gasteiger partial charge is 0.444 e. The quantitative estimate of drug-likeness (QED) is 0.712. The molecular formula is C23H28F2N4O2. The molecule has 1 amide bonds. The van der Waals surface area contributed by atoms with E-state index in [0.717, 1.165) is 12.8 Å². The fourth-order valence-corrected chi connectivity index (χ4v) is 3.55. The number of hydrogen-bond donors (Lipinski definition) is 0. The van der Waals surface area contributed by atoms with Gasteiger partial charge in [0.2, 0.25) is 5.95 Å². The Morgan fingerprint density at radius 3 is 2.26 bits per heavy atom. The lowest BCUT2D eigenvalue weighted by atomic mass is 10.0. The van der Waals surface area contributed by atoms with Crippen LogP contribution in [0.4, 0.5) is 19.5 Å². The van der Waals surface area contributed by atoms with Crippen molar-refractivity contribution in [3.05, 3.63) is 53.3 Å². The standard InChI is InChI=1S/C23H28F2N4O2/c1-22(2,3)31-21(30)29-13-11-28(12-14-29)20-26-18(16-9-10-16)15-19(27-20)23(24,25)17-7-5-4-6-8-17/h4-8,15-16H,9-14H2,1-3H3. The highest BCUT2D eigenvalue weighted by atomic mass is 19.3. The van der Waals surface area contributed by atoms with Gasteiger partial charge in [-0.05, 0) is 39.7 Å². The third kappa shape index (κ3) is 4.94. The molecule has 0 unspecified atom stereocenters. The van der Waals surface area contributed by atoms with Crippen molar-refractivity contribution in [3.8, 4) is 0 Å². The van der Waals surface area contributed by atoms with Gasteiger partial charge >= 0.3 is 12.0 Å². The Kier molecular flexibility index (Phi) is 5.58. The maximum absolute atomic E-state index is 15.2. The summed E-state index contributed by atoms with van der Waals surface area (Å²) in [6.07, 6.45) is 1.55. The molecule has 1 saturated carbocycles. The molecule has 2 aliphatic rings. The summed E-state index contributed by atoms with van der Waals surface area (Å²) in [5.74, 6) is -2.69. The molecule has 1 aromatic heterocycles. The van der Waals surface area contributed by atoms with E-state index in [4.69, 9.17) is 4.74 Å². The molecular weight excluding hydrogens is 402 g/mol. The van der Waals surface area contributed by atoms with Gasteiger partial charge in [0.05, 0.1) is 0 Å². The van der Waals surface area contributed by atoms with Crippen molar-refractivity contribution in [1.82, 2.24) is 14.9 Å². The van der Waals surface area contributed by atoms with Crippen molar-refractivity contribution in [2.75, 3.05) is 31.1 Å². The van der Waals surface area contributed by atoms with Crippen LogP contribution in [-0.4, -0.2) is 52.7 Å². The summed E-state index contributed by atoms with van der Waals surface area (Å²) in [6.45, 7) is 7.26. The highest BCUT2D eigenvalue weighted by molar-refractivity contribution is 5.68. The van der Waals surface area contributed by atoms with Crippen LogP contribution in [0.2, 0.25) is 0 Å². The molecule has 0 N–H and O–H groups in total. The van der Waals surface area contributed by atoms with E-state index < -0.39 is 11.5 Å². The molecule has 1 aliphatic carbocycles. The van der Waals surface area contributed by atoms with Crippen LogP contribution in [-0.2, 0) is 10.7 Å². The number of amides is 1. The van der Waals surface area contributed by atoms with Crippen molar-refractivity contribution in [2.24, 2.45) is 0 Å². The second kappa shape index (κ2) is 8.05. The van der Waals surface area contributed by atoms with Gasteiger partial charge in [0.15, 0.2) is 0 Å². The lowest BCUT2D eigenvalue weighted by molar-refractivity contribution is 0.0240. The maximum Gasteiger partial charge on any atom is 0.410 e. The molecule has 6 nitrogen and oxygen atoms in total. The average Bonchev–Trinajstić information content (AvgIpc) is 3.58. The summed E-state index contributed by atoms with van der Waals surface area (Å²) in [5.41, 5.74) is -0.255. The second-order valence-corrected chi connectivity index (χ2v) is 9.15. The van der Waals surface area contributed by atoms with E-state index in [1.54, 1.807) is 23.1 Å². The average molecular weight is 430 g/mol. The van der Waals surface area contributed by atoms with Crippen LogP contribution >= 0.6 is 0 Å². The number of alkyl halides is 2. The van der Waals surface area contributed by atoms with Gasteiger partial charge in [0, 0.05) is 43.4 Å². The van der Waals surface area contributed by atoms with Crippen molar-refractivity contribution < 1.29 is 18.3 Å². The molecule has 0 atom stereocenters. The Labute approximate surface area is 181 Å². The SMILES string of the molecule is CC(C)(C)OC(=O)N1CCN(c2nc(C3CC3)cc(C(F)(F)c3ccccc3)n2)CC1. The first-order chi connectivity index (χ1) is 14.6. The molecule has 0 radical (unpaired) electrons. The predicted molar refractivity (Wildman–Crippen MR) is 113 cm³/mol. The molecule has 1 aromatic carbocycles. The fourth-order valence-electron chi connectivity index (χ4n) is 3.55. The zero-order chi connectivity index (χ0) is 22.2. The van der Waals surface area contributed by atoms with E-state index in [9.17, 15) is 4.79 Å². The third-order valence-corrected chi connectivity index (χ3v) is 5.40. The van der Waals surface area contributed by atoms with Crippen LogP contribution in [0.25, 0.3) is 0 Å². The number of hydrogen-bond acceptors (Lipinski definition) is 5. The Morgan fingerprint density at radius 1 is 1.03 bits per heavy atom. The van der Waals surface area contributed by atoms with E-state index in [1.165, 1.54) is 18.2 Å². The molecule has 2 aromatic rings. The van der Waals surface area contributed by atoms with Crippen molar-refractivity contribution in [2.45, 2.75) is 51.1 Å². The minimum Gasteiger partial charge on any atom is -0.444 e. The smallest absolute Gasteiger partial charge is 0.410 e. The first-order valence-electron chi connectivity index (χ1n) is 10.7. The molecule has 31 heavy (non-hydrogen) atoms. The monoisotopic (exact) mass is 430 g/mol. The lowest BCUT2D eigenvalue weighted by Crippen LogP contribution is -2.50. The summed E-state index contributed by atoms with van der Waals surface area (Å²) < 4.78 is 35.9. The fraction of sp³-hybridized carbons (Fsp3) is 0.522. The number of piperazine rings is 1. The summed E-state index contributed by atoms with van der Waals surface area (Å²) in [6, 6.07) is 9.19. The number of anilines is 1. The summed E-state index contributed by atoms with van der Waals surface area (Å²) in [5, 5.41) is 0. The number of carbonyl (C=O) groups is 1. The van der Waals surface area contributed by atoms with Gasteiger partial charge < -0.3 is 14.5 Å². The predicted octanol–water partition coefficient (Wildman–Crippen LogP) is 4.55. The van der Waals surface area contributed by atoms with Crippen molar-refractivity contribution in [1.29, 1.82) is 0 Å². The number of carbonyl (C=O) groups excluding carboxylic acids is 1. The van der Waals surface area contributed by atoms with Gasteiger partial charge in [0.1, 0.15) is 11.3 Å². The Bertz CT molecular complexity index is 934. The number of benzene rings is 1. The Balaban J connectivity index is 1.55. The minimum absolute atomic E-state index is 0.0869. The van der Waals surface area contributed by atoms with Gasteiger partial charge in [-0.2, -0.15) is 8.78 Å². The second-order valence-electron chi connectivity index (χ2n) is 9.15. The maximum atomic E-state index is 15.2. The van der Waals surface area contributed by atoms with Crippen LogP contribution < -0.4 is 4.90 Å². The van der Waals surface area contributed by atoms with E-state index in [0.29, 0.717) is 37.8 Å². The molecule has 1 saturated heterocycles. The Morgan fingerprint density at radius 2 is 1.68 bits per heavy atom. The van der Waals surface area contributed by atoms with E-state index in [2.05, 4.69) is 9.97 Å². The molecule has 2 fully saturated rings. The number of halogens is 2. The van der Waals surface area contributed by atoms with Crippen LogP contribution in [0.5, 0.6) is 0 Å². The topological polar surface area (TPSA) is 58.6 Å². The van der Waals surface area contributed by atoms with Crippen molar-refractivity contribution in [3.63, 3.8) is 0 Å². The zero-order valence-corrected chi connectivity index (χ0v) is 18.1. The van der Waals surface area contributed by atoms with Gasteiger partial charge in [-0.15, -0.1) is 0 Å². The summed E-state index contributed by atoms with van der Waals surface area (Å²) >= 11 is 0. The first kappa shape index (κ1) is 21.5. The number of aromatic nitrogens is 2. The number of nitrogens with zero attached hydrogens (tertiary/aromatic N) is 4. The first-order valence-corrected chi connectivity index (χ1v) is 10.7. The molecule has 0 spiro atoms. The minimum atomic E-state index is -3.21. The number of rotatable bonds is 4. The molecule has 2 heterocycles.